The Hall–Kier alpha value is -0.610. The standard InChI is InChI=1S/C11H20N2O2/c1-8(9-3-4-9)13-10(14)5-15-11(2)6-12-7-11/h8-9,12H,3-7H2,1-2H3,(H,13,14). The highest BCUT2D eigenvalue weighted by molar-refractivity contribution is 5.77. The third-order valence-electron chi connectivity index (χ3n) is 3.27. The van der Waals surface area contributed by atoms with Crippen LogP contribution in [0.25, 0.3) is 0 Å². The summed E-state index contributed by atoms with van der Waals surface area (Å²) in [5.74, 6) is 0.720. The summed E-state index contributed by atoms with van der Waals surface area (Å²) in [6.45, 7) is 5.98. The minimum Gasteiger partial charge on any atom is -0.363 e. The van der Waals surface area contributed by atoms with E-state index in [0.717, 1.165) is 13.1 Å². The molecule has 1 unspecified atom stereocenters. The van der Waals surface area contributed by atoms with Crippen molar-refractivity contribution in [2.24, 2.45) is 5.92 Å². The maximum atomic E-state index is 11.5. The summed E-state index contributed by atoms with van der Waals surface area (Å²) in [5, 5.41) is 6.12. The van der Waals surface area contributed by atoms with Gasteiger partial charge in [-0.3, -0.25) is 4.79 Å². The first kappa shape index (κ1) is 10.9. The van der Waals surface area contributed by atoms with Crippen molar-refractivity contribution >= 4 is 5.91 Å². The number of nitrogens with one attached hydrogen (secondary N) is 2. The molecule has 1 heterocycles. The number of carbonyl (C=O) groups is 1. The van der Waals surface area contributed by atoms with Crippen LogP contribution in [-0.2, 0) is 9.53 Å². The minimum absolute atomic E-state index is 0.0162. The lowest BCUT2D eigenvalue weighted by Crippen LogP contribution is -2.59. The van der Waals surface area contributed by atoms with Crippen LogP contribution >= 0.6 is 0 Å². The van der Waals surface area contributed by atoms with Gasteiger partial charge in [0.25, 0.3) is 0 Å². The maximum Gasteiger partial charge on any atom is 0.246 e. The summed E-state index contributed by atoms with van der Waals surface area (Å²) in [7, 11) is 0. The molecule has 2 rings (SSSR count). The zero-order valence-corrected chi connectivity index (χ0v) is 9.51. The monoisotopic (exact) mass is 212 g/mol. The van der Waals surface area contributed by atoms with E-state index in [2.05, 4.69) is 17.6 Å². The van der Waals surface area contributed by atoms with Gasteiger partial charge in [-0.1, -0.05) is 0 Å². The lowest BCUT2D eigenvalue weighted by atomic mass is 10.0. The van der Waals surface area contributed by atoms with E-state index < -0.39 is 0 Å². The summed E-state index contributed by atoms with van der Waals surface area (Å²) < 4.78 is 5.55. The summed E-state index contributed by atoms with van der Waals surface area (Å²) in [5.41, 5.74) is -0.125. The fourth-order valence-corrected chi connectivity index (χ4v) is 1.83. The molecule has 1 saturated heterocycles. The molecule has 1 saturated carbocycles. The van der Waals surface area contributed by atoms with Gasteiger partial charge in [-0.15, -0.1) is 0 Å². The minimum atomic E-state index is -0.125. The first-order valence-electron chi connectivity index (χ1n) is 5.73. The number of ether oxygens (including phenoxy) is 1. The zero-order valence-electron chi connectivity index (χ0n) is 9.51. The predicted octanol–water partition coefficient (Wildman–Crippen LogP) is 0.280. The average molecular weight is 212 g/mol. The maximum absolute atomic E-state index is 11.5. The Bertz CT molecular complexity index is 247. The van der Waals surface area contributed by atoms with Crippen molar-refractivity contribution in [3.63, 3.8) is 0 Å². The van der Waals surface area contributed by atoms with Gasteiger partial charge in [-0.25, -0.2) is 0 Å². The summed E-state index contributed by atoms with van der Waals surface area (Å²) in [6.07, 6.45) is 2.51. The second-order valence-corrected chi connectivity index (χ2v) is 5.04. The highest BCUT2D eigenvalue weighted by Crippen LogP contribution is 2.32. The number of rotatable bonds is 5. The van der Waals surface area contributed by atoms with E-state index in [1.807, 2.05) is 6.92 Å². The van der Waals surface area contributed by atoms with E-state index in [1.54, 1.807) is 0 Å². The molecule has 2 fully saturated rings. The van der Waals surface area contributed by atoms with Gasteiger partial charge in [0.2, 0.25) is 5.91 Å². The Morgan fingerprint density at radius 3 is 2.73 bits per heavy atom. The highest BCUT2D eigenvalue weighted by atomic mass is 16.5. The first-order valence-corrected chi connectivity index (χ1v) is 5.73. The molecule has 2 aliphatic rings. The van der Waals surface area contributed by atoms with Crippen molar-refractivity contribution in [3.8, 4) is 0 Å². The topological polar surface area (TPSA) is 50.4 Å². The molecule has 4 heteroatoms. The molecular weight excluding hydrogens is 192 g/mol. The Morgan fingerprint density at radius 2 is 2.27 bits per heavy atom. The first-order chi connectivity index (χ1) is 7.09. The lowest BCUT2D eigenvalue weighted by Gasteiger charge is -2.38. The molecule has 0 aromatic heterocycles. The summed E-state index contributed by atoms with van der Waals surface area (Å²) >= 11 is 0. The molecule has 0 aromatic carbocycles. The Kier molecular flexibility index (Phi) is 2.98. The van der Waals surface area contributed by atoms with Crippen LogP contribution in [0.4, 0.5) is 0 Å². The molecule has 1 aliphatic carbocycles. The van der Waals surface area contributed by atoms with E-state index in [1.165, 1.54) is 12.8 Å². The SMILES string of the molecule is CC(NC(=O)COC1(C)CNC1)C1CC1. The third kappa shape index (κ3) is 2.92. The van der Waals surface area contributed by atoms with Gasteiger partial charge >= 0.3 is 0 Å². The van der Waals surface area contributed by atoms with Crippen molar-refractivity contribution in [2.75, 3.05) is 19.7 Å². The van der Waals surface area contributed by atoms with Crippen molar-refractivity contribution in [3.05, 3.63) is 0 Å². The Morgan fingerprint density at radius 1 is 1.60 bits per heavy atom. The molecule has 86 valence electrons. The molecule has 0 bridgehead atoms. The molecule has 1 atom stereocenters. The zero-order chi connectivity index (χ0) is 10.9. The highest BCUT2D eigenvalue weighted by Gasteiger charge is 2.34. The van der Waals surface area contributed by atoms with Crippen molar-refractivity contribution in [2.45, 2.75) is 38.3 Å². The predicted molar refractivity (Wildman–Crippen MR) is 57.6 cm³/mol. The van der Waals surface area contributed by atoms with Gasteiger partial charge in [0, 0.05) is 19.1 Å². The fourth-order valence-electron chi connectivity index (χ4n) is 1.83. The Labute approximate surface area is 90.8 Å². The number of amides is 1. The van der Waals surface area contributed by atoms with Crippen LogP contribution in [0, 0.1) is 5.92 Å². The summed E-state index contributed by atoms with van der Waals surface area (Å²) in [4.78, 5) is 11.5. The largest absolute Gasteiger partial charge is 0.363 e. The second-order valence-electron chi connectivity index (χ2n) is 5.04. The fraction of sp³-hybridized carbons (Fsp3) is 0.909. The number of hydrogen-bond donors (Lipinski definition) is 2. The van der Waals surface area contributed by atoms with Crippen LogP contribution in [0.1, 0.15) is 26.7 Å². The van der Waals surface area contributed by atoms with Gasteiger partial charge in [0.05, 0.1) is 5.60 Å². The smallest absolute Gasteiger partial charge is 0.246 e. The van der Waals surface area contributed by atoms with Crippen molar-refractivity contribution in [1.82, 2.24) is 10.6 Å². The van der Waals surface area contributed by atoms with Crippen LogP contribution in [-0.4, -0.2) is 37.2 Å². The molecule has 0 spiro atoms. The quantitative estimate of drug-likeness (QED) is 0.688. The van der Waals surface area contributed by atoms with Crippen LogP contribution in [0.3, 0.4) is 0 Å². The number of hydrogen-bond acceptors (Lipinski definition) is 3. The summed E-state index contributed by atoms with van der Waals surface area (Å²) in [6, 6.07) is 0.313. The molecule has 0 radical (unpaired) electrons. The van der Waals surface area contributed by atoms with Crippen molar-refractivity contribution in [1.29, 1.82) is 0 Å². The van der Waals surface area contributed by atoms with Gasteiger partial charge in [0.1, 0.15) is 6.61 Å². The van der Waals surface area contributed by atoms with Gasteiger partial charge in [0.15, 0.2) is 0 Å². The van der Waals surface area contributed by atoms with Crippen LogP contribution in [0.5, 0.6) is 0 Å². The molecule has 1 amide bonds. The van der Waals surface area contributed by atoms with E-state index in [4.69, 9.17) is 4.74 Å². The van der Waals surface area contributed by atoms with E-state index in [-0.39, 0.29) is 18.1 Å². The molecular formula is C11H20N2O2. The average Bonchev–Trinajstić information content (AvgIpc) is 2.94. The van der Waals surface area contributed by atoms with E-state index in [0.29, 0.717) is 12.0 Å². The molecule has 0 aromatic rings. The third-order valence-corrected chi connectivity index (χ3v) is 3.27. The van der Waals surface area contributed by atoms with E-state index >= 15 is 0 Å². The van der Waals surface area contributed by atoms with Crippen molar-refractivity contribution < 1.29 is 9.53 Å². The van der Waals surface area contributed by atoms with Crippen LogP contribution in [0.2, 0.25) is 0 Å². The second kappa shape index (κ2) is 4.10. The molecule has 4 nitrogen and oxygen atoms in total. The Balaban J connectivity index is 1.63. The lowest BCUT2D eigenvalue weighted by molar-refractivity contribution is -0.136. The van der Waals surface area contributed by atoms with Gasteiger partial charge in [-0.05, 0) is 32.6 Å². The van der Waals surface area contributed by atoms with Crippen LogP contribution in [0.15, 0.2) is 0 Å². The number of carbonyl (C=O) groups excluding carboxylic acids is 1. The molecule has 15 heavy (non-hydrogen) atoms. The van der Waals surface area contributed by atoms with Gasteiger partial charge < -0.3 is 15.4 Å². The molecule has 1 aliphatic heterocycles. The molecule has 2 N–H and O–H groups in total. The van der Waals surface area contributed by atoms with Crippen LogP contribution < -0.4 is 10.6 Å². The van der Waals surface area contributed by atoms with E-state index in [9.17, 15) is 4.79 Å². The van der Waals surface area contributed by atoms with Gasteiger partial charge in [-0.2, -0.15) is 0 Å². The normalized spacial score (nSPS) is 25.5.